The minimum absolute atomic E-state index is 0.147. The molecule has 1 aliphatic heterocycles. The van der Waals surface area contributed by atoms with Gasteiger partial charge in [-0.05, 0) is 49.6 Å². The maximum atomic E-state index is 13.2. The number of thiazole rings is 1. The van der Waals surface area contributed by atoms with Crippen molar-refractivity contribution in [1.29, 1.82) is 0 Å². The summed E-state index contributed by atoms with van der Waals surface area (Å²) in [6.07, 6.45) is -0.359. The number of benzene rings is 3. The van der Waals surface area contributed by atoms with Gasteiger partial charge in [-0.25, -0.2) is 8.42 Å². The lowest BCUT2D eigenvalue weighted by molar-refractivity contribution is -0.0440. The van der Waals surface area contributed by atoms with Crippen LogP contribution in [-0.2, 0) is 26.0 Å². The third-order valence-corrected chi connectivity index (χ3v) is 9.39. The number of aromatic nitrogens is 1. The molecule has 37 heavy (non-hydrogen) atoms. The van der Waals surface area contributed by atoms with Crippen LogP contribution in [0.3, 0.4) is 0 Å². The molecule has 1 amide bonds. The molecule has 1 aliphatic rings. The average Bonchev–Trinajstić information content (AvgIpc) is 3.24. The highest BCUT2D eigenvalue weighted by molar-refractivity contribution is 7.89. The Morgan fingerprint density at radius 1 is 1.05 bits per heavy atom. The van der Waals surface area contributed by atoms with Crippen LogP contribution >= 0.6 is 11.3 Å². The predicted octanol–water partition coefficient (Wildman–Crippen LogP) is 4.04. The number of fused-ring (bicyclic) bond motifs is 3. The Morgan fingerprint density at radius 2 is 1.76 bits per heavy atom. The lowest BCUT2D eigenvalue weighted by Crippen LogP contribution is -2.48. The molecule has 1 fully saturated rings. The van der Waals surface area contributed by atoms with Gasteiger partial charge in [0.1, 0.15) is 0 Å². The van der Waals surface area contributed by atoms with Crippen molar-refractivity contribution in [3.63, 3.8) is 0 Å². The van der Waals surface area contributed by atoms with Crippen LogP contribution in [0.1, 0.15) is 24.2 Å². The lowest BCUT2D eigenvalue weighted by Gasteiger charge is -2.34. The Labute approximate surface area is 219 Å². The highest BCUT2D eigenvalue weighted by Crippen LogP contribution is 2.28. The van der Waals surface area contributed by atoms with Gasteiger partial charge < -0.3 is 14.0 Å². The number of amides is 1. The zero-order valence-electron chi connectivity index (χ0n) is 21.0. The first-order chi connectivity index (χ1) is 17.8. The van der Waals surface area contributed by atoms with Crippen LogP contribution < -0.4 is 4.80 Å². The molecular weight excluding hydrogens is 510 g/mol. The van der Waals surface area contributed by atoms with Crippen molar-refractivity contribution >= 4 is 48.3 Å². The van der Waals surface area contributed by atoms with Crippen LogP contribution in [-0.4, -0.2) is 62.2 Å². The fourth-order valence-electron chi connectivity index (χ4n) is 4.68. The Hall–Kier alpha value is -2.89. The zero-order valence-corrected chi connectivity index (χ0v) is 22.6. The fraction of sp³-hybridized carbons (Fsp3) is 0.333. The van der Waals surface area contributed by atoms with Gasteiger partial charge in [-0.2, -0.15) is 9.30 Å². The van der Waals surface area contributed by atoms with E-state index >= 15 is 0 Å². The van der Waals surface area contributed by atoms with Gasteiger partial charge in [-0.1, -0.05) is 41.7 Å². The van der Waals surface area contributed by atoms with Gasteiger partial charge in [0.25, 0.3) is 5.91 Å². The number of carbonyl (C=O) groups excluding carboxylic acids is 1. The molecule has 10 heteroatoms. The highest BCUT2D eigenvalue weighted by Gasteiger charge is 2.32. The number of hydrogen-bond acceptors (Lipinski definition) is 6. The smallest absolute Gasteiger partial charge is 0.279 e. The summed E-state index contributed by atoms with van der Waals surface area (Å²) in [4.78, 5) is 18.3. The molecule has 0 unspecified atom stereocenters. The molecule has 194 valence electrons. The van der Waals surface area contributed by atoms with Crippen LogP contribution in [0.5, 0.6) is 0 Å². The van der Waals surface area contributed by atoms with Gasteiger partial charge in [0.05, 0.1) is 33.9 Å². The number of methoxy groups -OCH3 is 1. The van der Waals surface area contributed by atoms with Crippen LogP contribution in [0.4, 0.5) is 0 Å². The van der Waals surface area contributed by atoms with Gasteiger partial charge in [0.2, 0.25) is 10.0 Å². The minimum atomic E-state index is -3.69. The topological polar surface area (TPSA) is 90.2 Å². The monoisotopic (exact) mass is 539 g/mol. The van der Waals surface area contributed by atoms with E-state index in [2.05, 4.69) is 23.2 Å². The zero-order chi connectivity index (χ0) is 26.2. The third-order valence-electron chi connectivity index (χ3n) is 6.42. The molecule has 8 nitrogen and oxygen atoms in total. The summed E-state index contributed by atoms with van der Waals surface area (Å²) in [5, 5.41) is 2.22. The van der Waals surface area contributed by atoms with Crippen LogP contribution in [0.25, 0.3) is 21.0 Å². The summed E-state index contributed by atoms with van der Waals surface area (Å²) in [6.45, 7) is 5.34. The molecule has 1 aromatic heterocycles. The standard InChI is InChI=1S/C27H29N3O5S2/c1-18-16-29(17-19(2)35-18)37(32,33)22-11-8-21(9-12-22)26(31)28-27-30(14-15-34-3)24-13-10-20-6-4-5-7-23(20)25(24)36-27/h4-13,18-19H,14-17H2,1-3H3/t18-,19+. The Balaban J connectivity index is 1.49. The van der Waals surface area contributed by atoms with Gasteiger partial charge >= 0.3 is 0 Å². The number of ether oxygens (including phenoxy) is 2. The molecule has 0 spiro atoms. The largest absolute Gasteiger partial charge is 0.383 e. The minimum Gasteiger partial charge on any atom is -0.383 e. The Kier molecular flexibility index (Phi) is 7.28. The van der Waals surface area contributed by atoms with Gasteiger partial charge in [0, 0.05) is 37.7 Å². The van der Waals surface area contributed by atoms with Crippen molar-refractivity contribution in [2.75, 3.05) is 26.8 Å². The first-order valence-electron chi connectivity index (χ1n) is 12.1. The van der Waals surface area contributed by atoms with Crippen molar-refractivity contribution in [2.24, 2.45) is 4.99 Å². The molecule has 0 N–H and O–H groups in total. The lowest BCUT2D eigenvalue weighted by atomic mass is 10.1. The van der Waals surface area contributed by atoms with Crippen LogP contribution in [0, 0.1) is 0 Å². The maximum Gasteiger partial charge on any atom is 0.279 e. The van der Waals surface area contributed by atoms with Crippen LogP contribution in [0.2, 0.25) is 0 Å². The maximum absolute atomic E-state index is 13.2. The Morgan fingerprint density at radius 3 is 2.46 bits per heavy atom. The molecule has 0 saturated carbocycles. The molecule has 0 radical (unpaired) electrons. The number of sulfonamides is 1. The van der Waals surface area contributed by atoms with Gasteiger partial charge in [-0.15, -0.1) is 0 Å². The normalized spacial score (nSPS) is 19.6. The van der Waals surface area contributed by atoms with E-state index in [4.69, 9.17) is 9.47 Å². The summed E-state index contributed by atoms with van der Waals surface area (Å²) < 4.78 is 41.7. The summed E-state index contributed by atoms with van der Waals surface area (Å²) in [5.74, 6) is -0.431. The van der Waals surface area contributed by atoms with E-state index in [1.807, 2.05) is 36.6 Å². The molecular formula is C27H29N3O5S2. The first kappa shape index (κ1) is 25.7. The molecule has 5 rings (SSSR count). The third kappa shape index (κ3) is 5.12. The molecule has 2 atom stereocenters. The van der Waals surface area contributed by atoms with E-state index in [9.17, 15) is 13.2 Å². The van der Waals surface area contributed by atoms with E-state index in [1.54, 1.807) is 7.11 Å². The highest BCUT2D eigenvalue weighted by atomic mass is 32.2. The molecule has 2 heterocycles. The van der Waals surface area contributed by atoms with E-state index in [0.717, 1.165) is 21.0 Å². The first-order valence-corrected chi connectivity index (χ1v) is 14.4. The number of carbonyl (C=O) groups is 1. The number of hydrogen-bond donors (Lipinski definition) is 0. The summed E-state index contributed by atoms with van der Waals surface area (Å²) >= 11 is 1.46. The fourth-order valence-corrected chi connectivity index (χ4v) is 7.46. The summed E-state index contributed by atoms with van der Waals surface area (Å²) in [5.41, 5.74) is 1.31. The molecule has 1 saturated heterocycles. The second-order valence-corrected chi connectivity index (χ2v) is 12.1. The number of rotatable bonds is 6. The molecule has 0 bridgehead atoms. The van der Waals surface area contributed by atoms with Crippen molar-refractivity contribution in [3.8, 4) is 0 Å². The quantitative estimate of drug-likeness (QED) is 0.369. The van der Waals surface area contributed by atoms with E-state index < -0.39 is 15.9 Å². The van der Waals surface area contributed by atoms with Crippen molar-refractivity contribution in [1.82, 2.24) is 8.87 Å². The predicted molar refractivity (Wildman–Crippen MR) is 144 cm³/mol. The van der Waals surface area contributed by atoms with E-state index in [0.29, 0.717) is 36.6 Å². The van der Waals surface area contributed by atoms with Crippen molar-refractivity contribution in [3.05, 3.63) is 71.0 Å². The average molecular weight is 540 g/mol. The number of nitrogens with zero attached hydrogens (tertiary/aromatic N) is 3. The van der Waals surface area contributed by atoms with Gasteiger partial charge in [-0.3, -0.25) is 4.79 Å². The summed E-state index contributed by atoms with van der Waals surface area (Å²) in [7, 11) is -2.05. The van der Waals surface area contributed by atoms with Crippen molar-refractivity contribution < 1.29 is 22.7 Å². The SMILES string of the molecule is COCCn1c(=NC(=O)c2ccc(S(=O)(=O)N3C[C@@H](C)O[C@@H](C)C3)cc2)sc2c3ccccc3ccc21. The van der Waals surface area contributed by atoms with E-state index in [-0.39, 0.29) is 17.1 Å². The molecule has 3 aromatic carbocycles. The summed E-state index contributed by atoms with van der Waals surface area (Å²) in [6, 6.07) is 18.2. The molecule has 4 aromatic rings. The van der Waals surface area contributed by atoms with Crippen LogP contribution in [0.15, 0.2) is 70.6 Å². The van der Waals surface area contributed by atoms with Gasteiger partial charge in [0.15, 0.2) is 4.80 Å². The molecule has 0 aliphatic carbocycles. The van der Waals surface area contributed by atoms with E-state index in [1.165, 1.54) is 39.9 Å². The van der Waals surface area contributed by atoms with Crippen molar-refractivity contribution in [2.45, 2.75) is 37.5 Å². The second kappa shape index (κ2) is 10.5. The second-order valence-electron chi connectivity index (χ2n) is 9.18. The Bertz CT molecular complexity index is 1610. The number of morpholine rings is 1.